The van der Waals surface area contributed by atoms with Crippen molar-refractivity contribution in [2.45, 2.75) is 13.8 Å². The lowest BCUT2D eigenvalue weighted by Crippen LogP contribution is -1.92. The van der Waals surface area contributed by atoms with Crippen molar-refractivity contribution in [2.24, 2.45) is 0 Å². The van der Waals surface area contributed by atoms with Crippen LogP contribution in [0.15, 0.2) is 18.2 Å². The van der Waals surface area contributed by atoms with Gasteiger partial charge in [-0.3, -0.25) is 0 Å². The summed E-state index contributed by atoms with van der Waals surface area (Å²) in [6.45, 7) is 4.15. The van der Waals surface area contributed by atoms with Gasteiger partial charge in [0.15, 0.2) is 11.0 Å². The van der Waals surface area contributed by atoms with Gasteiger partial charge in [-0.05, 0) is 37.1 Å². The van der Waals surface area contributed by atoms with E-state index in [0.717, 1.165) is 17.4 Å². The molecule has 0 fully saturated rings. The summed E-state index contributed by atoms with van der Waals surface area (Å²) < 4.78 is 7.94. The van der Waals surface area contributed by atoms with Crippen molar-refractivity contribution in [1.82, 2.24) is 8.75 Å². The molecule has 3 nitrogen and oxygen atoms in total. The summed E-state index contributed by atoms with van der Waals surface area (Å²) in [5.74, 6) is 0.616. The molecule has 1 N–H and O–H groups in total. The van der Waals surface area contributed by atoms with Gasteiger partial charge in [0.1, 0.15) is 0 Å². The van der Waals surface area contributed by atoms with Crippen LogP contribution in [-0.2, 0) is 0 Å². The molecule has 0 aliphatic carbocycles. The Balaban J connectivity index is 2.25. The first-order valence-corrected chi connectivity index (χ1v) is 5.60. The van der Waals surface area contributed by atoms with Crippen LogP contribution in [0.5, 0.6) is 0 Å². The summed E-state index contributed by atoms with van der Waals surface area (Å²) in [7, 11) is 0. The lowest BCUT2D eigenvalue weighted by molar-refractivity contribution is 1.33. The second-order valence-corrected chi connectivity index (χ2v) is 4.21. The fourth-order valence-electron chi connectivity index (χ4n) is 1.21. The zero-order valence-electron chi connectivity index (χ0n) is 8.41. The molecule has 5 heteroatoms. The Bertz CT molecular complexity index is 481. The fraction of sp³-hybridized carbons (Fsp3) is 0.200. The van der Waals surface area contributed by atoms with Crippen LogP contribution in [0.25, 0.3) is 0 Å². The van der Waals surface area contributed by atoms with E-state index in [9.17, 15) is 0 Å². The van der Waals surface area contributed by atoms with E-state index in [4.69, 9.17) is 11.6 Å². The Morgan fingerprint density at radius 2 is 2.00 bits per heavy atom. The lowest BCUT2D eigenvalue weighted by Gasteiger charge is -2.05. The summed E-state index contributed by atoms with van der Waals surface area (Å²) in [5.41, 5.74) is 3.48. The van der Waals surface area contributed by atoms with Crippen LogP contribution in [0.4, 0.5) is 11.5 Å². The molecule has 15 heavy (non-hydrogen) atoms. The summed E-state index contributed by atoms with van der Waals surface area (Å²) in [6, 6.07) is 6.12. The lowest BCUT2D eigenvalue weighted by atomic mass is 10.1. The maximum absolute atomic E-state index is 5.84. The maximum atomic E-state index is 5.84. The molecule has 2 rings (SSSR count). The Morgan fingerprint density at radius 3 is 2.60 bits per heavy atom. The number of rotatable bonds is 2. The number of hydrogen-bond acceptors (Lipinski definition) is 4. The van der Waals surface area contributed by atoms with Crippen LogP contribution >= 0.6 is 23.3 Å². The van der Waals surface area contributed by atoms with E-state index in [1.165, 1.54) is 11.1 Å². The highest BCUT2D eigenvalue weighted by atomic mass is 35.5. The number of aryl methyl sites for hydroxylation is 2. The summed E-state index contributed by atoms with van der Waals surface area (Å²) in [6.07, 6.45) is 0. The van der Waals surface area contributed by atoms with Gasteiger partial charge in [-0.1, -0.05) is 17.7 Å². The van der Waals surface area contributed by atoms with Crippen LogP contribution < -0.4 is 5.32 Å². The van der Waals surface area contributed by atoms with Gasteiger partial charge in [0.25, 0.3) is 0 Å². The van der Waals surface area contributed by atoms with Crippen LogP contribution in [0.2, 0.25) is 5.15 Å². The van der Waals surface area contributed by atoms with Crippen LogP contribution in [0.3, 0.4) is 0 Å². The minimum absolute atomic E-state index is 0.415. The third kappa shape index (κ3) is 2.27. The van der Waals surface area contributed by atoms with Crippen LogP contribution in [-0.4, -0.2) is 8.75 Å². The zero-order chi connectivity index (χ0) is 10.8. The first-order valence-electron chi connectivity index (χ1n) is 4.49. The number of nitrogens with one attached hydrogen (secondary N) is 1. The highest BCUT2D eigenvalue weighted by Gasteiger charge is 2.05. The number of aromatic nitrogens is 2. The van der Waals surface area contributed by atoms with E-state index >= 15 is 0 Å². The highest BCUT2D eigenvalue weighted by Crippen LogP contribution is 2.23. The van der Waals surface area contributed by atoms with E-state index in [1.54, 1.807) is 0 Å². The quantitative estimate of drug-likeness (QED) is 0.871. The third-order valence-electron chi connectivity index (χ3n) is 2.22. The molecular formula is C10H10ClN3S. The first kappa shape index (κ1) is 10.4. The topological polar surface area (TPSA) is 37.8 Å². The molecule has 0 unspecified atom stereocenters. The molecule has 78 valence electrons. The molecule has 0 spiro atoms. The number of halogens is 1. The molecule has 0 aliphatic heterocycles. The molecule has 0 aliphatic rings. The molecule has 1 aromatic carbocycles. The number of hydrogen-bond donors (Lipinski definition) is 1. The molecule has 0 bridgehead atoms. The third-order valence-corrected chi connectivity index (χ3v) is 3.11. The largest absolute Gasteiger partial charge is 0.337 e. The summed E-state index contributed by atoms with van der Waals surface area (Å²) >= 11 is 6.93. The van der Waals surface area contributed by atoms with Crippen LogP contribution in [0, 0.1) is 13.8 Å². The number of benzene rings is 1. The monoisotopic (exact) mass is 239 g/mol. The fourth-order valence-corrected chi connectivity index (χ4v) is 1.85. The first-order chi connectivity index (χ1) is 7.16. The molecular weight excluding hydrogens is 230 g/mol. The average Bonchev–Trinajstić information content (AvgIpc) is 2.59. The van der Waals surface area contributed by atoms with Gasteiger partial charge >= 0.3 is 0 Å². The van der Waals surface area contributed by atoms with Gasteiger partial charge in [0.2, 0.25) is 0 Å². The average molecular weight is 240 g/mol. The standard InChI is InChI=1S/C10H10ClN3S/c1-6-3-4-8(5-7(6)2)12-10-9(11)13-15-14-10/h3-5H,1-2H3,(H,12,14). The smallest absolute Gasteiger partial charge is 0.187 e. The summed E-state index contributed by atoms with van der Waals surface area (Å²) in [5, 5.41) is 3.54. The molecule has 0 saturated carbocycles. The van der Waals surface area contributed by atoms with Crippen molar-refractivity contribution >= 4 is 34.8 Å². The second kappa shape index (κ2) is 4.16. The van der Waals surface area contributed by atoms with E-state index in [1.807, 2.05) is 6.07 Å². The predicted octanol–water partition coefficient (Wildman–Crippen LogP) is 3.55. The van der Waals surface area contributed by atoms with Crippen molar-refractivity contribution in [3.05, 3.63) is 34.5 Å². The predicted molar refractivity (Wildman–Crippen MR) is 64.1 cm³/mol. The van der Waals surface area contributed by atoms with Crippen LogP contribution in [0.1, 0.15) is 11.1 Å². The van der Waals surface area contributed by atoms with E-state index in [0.29, 0.717) is 11.0 Å². The van der Waals surface area contributed by atoms with Crippen molar-refractivity contribution in [3.63, 3.8) is 0 Å². The van der Waals surface area contributed by atoms with Crippen molar-refractivity contribution in [2.75, 3.05) is 5.32 Å². The van der Waals surface area contributed by atoms with Gasteiger partial charge in [0, 0.05) is 5.69 Å². The molecule has 0 saturated heterocycles. The Kier molecular flexibility index (Phi) is 2.88. The molecule has 1 aromatic heterocycles. The highest BCUT2D eigenvalue weighted by molar-refractivity contribution is 6.99. The van der Waals surface area contributed by atoms with Crippen molar-refractivity contribution < 1.29 is 0 Å². The Morgan fingerprint density at radius 1 is 1.20 bits per heavy atom. The minimum Gasteiger partial charge on any atom is -0.337 e. The Hall–Kier alpha value is -1.13. The number of anilines is 2. The van der Waals surface area contributed by atoms with Crippen molar-refractivity contribution in [1.29, 1.82) is 0 Å². The normalized spacial score (nSPS) is 10.3. The molecule has 0 atom stereocenters. The van der Waals surface area contributed by atoms with E-state index < -0.39 is 0 Å². The second-order valence-electron chi connectivity index (χ2n) is 3.33. The molecule has 0 radical (unpaired) electrons. The Labute approximate surface area is 97.4 Å². The van der Waals surface area contributed by atoms with Gasteiger partial charge in [0.05, 0.1) is 11.7 Å². The molecule has 2 aromatic rings. The molecule has 0 amide bonds. The van der Waals surface area contributed by atoms with Gasteiger partial charge in [-0.25, -0.2) is 0 Å². The van der Waals surface area contributed by atoms with Gasteiger partial charge in [-0.15, -0.1) is 0 Å². The van der Waals surface area contributed by atoms with E-state index in [2.05, 4.69) is 40.0 Å². The number of nitrogens with zero attached hydrogens (tertiary/aromatic N) is 2. The minimum atomic E-state index is 0.415. The maximum Gasteiger partial charge on any atom is 0.187 e. The molecule has 1 heterocycles. The SMILES string of the molecule is Cc1ccc(Nc2nsnc2Cl)cc1C. The zero-order valence-corrected chi connectivity index (χ0v) is 9.99. The van der Waals surface area contributed by atoms with Gasteiger partial charge < -0.3 is 5.32 Å². The van der Waals surface area contributed by atoms with Crippen molar-refractivity contribution in [3.8, 4) is 0 Å². The van der Waals surface area contributed by atoms with Gasteiger partial charge in [-0.2, -0.15) is 8.75 Å². The van der Waals surface area contributed by atoms with E-state index in [-0.39, 0.29) is 0 Å². The summed E-state index contributed by atoms with van der Waals surface area (Å²) in [4.78, 5) is 0.